The summed E-state index contributed by atoms with van der Waals surface area (Å²) in [7, 11) is 0. The lowest BCUT2D eigenvalue weighted by atomic mass is 10.1. The lowest BCUT2D eigenvalue weighted by molar-refractivity contribution is 0.0746. The average Bonchev–Trinajstić information content (AvgIpc) is 2.79. The average molecular weight is 407 g/mol. The fourth-order valence-corrected chi connectivity index (χ4v) is 3.65. The van der Waals surface area contributed by atoms with E-state index in [0.717, 1.165) is 31.7 Å². The van der Waals surface area contributed by atoms with Gasteiger partial charge in [-0.2, -0.15) is 0 Å². The van der Waals surface area contributed by atoms with Crippen LogP contribution in [-0.4, -0.2) is 37.0 Å². The van der Waals surface area contributed by atoms with Crippen LogP contribution in [0.3, 0.4) is 0 Å². The molecule has 0 aliphatic carbocycles. The van der Waals surface area contributed by atoms with Crippen LogP contribution in [0.1, 0.15) is 15.9 Å². The molecule has 5 heteroatoms. The van der Waals surface area contributed by atoms with Crippen molar-refractivity contribution in [3.05, 3.63) is 95.0 Å². The molecular formula is C24H23ClN2O2. The van der Waals surface area contributed by atoms with E-state index in [1.54, 1.807) is 6.07 Å². The lowest BCUT2D eigenvalue weighted by Crippen LogP contribution is -2.48. The third-order valence-corrected chi connectivity index (χ3v) is 5.43. The Bertz CT molecular complexity index is 952. The van der Waals surface area contributed by atoms with Gasteiger partial charge in [0.05, 0.1) is 5.02 Å². The van der Waals surface area contributed by atoms with Gasteiger partial charge in [0, 0.05) is 37.4 Å². The minimum atomic E-state index is 0.0799. The van der Waals surface area contributed by atoms with Gasteiger partial charge >= 0.3 is 0 Å². The zero-order chi connectivity index (χ0) is 20.1. The fraction of sp³-hybridized carbons (Fsp3) is 0.208. The number of amides is 1. The molecule has 3 aromatic carbocycles. The normalized spacial score (nSPS) is 14.0. The van der Waals surface area contributed by atoms with E-state index in [0.29, 0.717) is 22.9 Å². The molecule has 0 aromatic heterocycles. The highest BCUT2D eigenvalue weighted by molar-refractivity contribution is 6.32. The molecule has 1 heterocycles. The molecule has 0 N–H and O–H groups in total. The first-order valence-electron chi connectivity index (χ1n) is 9.76. The summed E-state index contributed by atoms with van der Waals surface area (Å²) in [5.41, 5.74) is 2.91. The number of anilines is 1. The highest BCUT2D eigenvalue weighted by Gasteiger charge is 2.22. The largest absolute Gasteiger partial charge is 0.487 e. The predicted molar refractivity (Wildman–Crippen MR) is 117 cm³/mol. The topological polar surface area (TPSA) is 32.8 Å². The second-order valence-corrected chi connectivity index (χ2v) is 7.44. The number of piperazine rings is 1. The molecule has 1 saturated heterocycles. The number of hydrogen-bond donors (Lipinski definition) is 0. The van der Waals surface area contributed by atoms with Crippen LogP contribution in [0.15, 0.2) is 78.9 Å². The van der Waals surface area contributed by atoms with Crippen LogP contribution in [0.5, 0.6) is 5.75 Å². The van der Waals surface area contributed by atoms with E-state index in [1.807, 2.05) is 65.6 Å². The zero-order valence-corrected chi connectivity index (χ0v) is 16.9. The van der Waals surface area contributed by atoms with Gasteiger partial charge in [0.15, 0.2) is 0 Å². The Balaban J connectivity index is 1.32. The summed E-state index contributed by atoms with van der Waals surface area (Å²) in [6, 6.07) is 25.4. The van der Waals surface area contributed by atoms with Crippen molar-refractivity contribution in [1.29, 1.82) is 0 Å². The molecule has 1 aliphatic heterocycles. The minimum absolute atomic E-state index is 0.0799. The van der Waals surface area contributed by atoms with Crippen LogP contribution in [0.25, 0.3) is 0 Å². The summed E-state index contributed by atoms with van der Waals surface area (Å²) < 4.78 is 5.76. The number of carbonyl (C=O) groups is 1. The SMILES string of the molecule is O=C(c1ccc(COc2ccccc2Cl)cc1)N1CCN(c2ccccc2)CC1. The molecular weight excluding hydrogens is 384 g/mol. The molecule has 1 aliphatic rings. The molecule has 1 amide bonds. The van der Waals surface area contributed by atoms with Gasteiger partial charge in [-0.25, -0.2) is 0 Å². The number of benzene rings is 3. The number of halogens is 1. The third kappa shape index (κ3) is 4.72. The summed E-state index contributed by atoms with van der Waals surface area (Å²) in [5.74, 6) is 0.738. The molecule has 0 bridgehead atoms. The molecule has 0 saturated carbocycles. The van der Waals surface area contributed by atoms with Gasteiger partial charge in [-0.3, -0.25) is 4.79 Å². The number of carbonyl (C=O) groups excluding carboxylic acids is 1. The summed E-state index contributed by atoms with van der Waals surface area (Å²) in [4.78, 5) is 17.1. The Morgan fingerprint density at radius 1 is 0.828 bits per heavy atom. The molecule has 4 nitrogen and oxygen atoms in total. The quantitative estimate of drug-likeness (QED) is 0.605. The summed E-state index contributed by atoms with van der Waals surface area (Å²) in [6.07, 6.45) is 0. The van der Waals surface area contributed by atoms with Crippen molar-refractivity contribution in [2.24, 2.45) is 0 Å². The molecule has 3 aromatic rings. The van der Waals surface area contributed by atoms with Gasteiger partial charge in [0.2, 0.25) is 0 Å². The highest BCUT2D eigenvalue weighted by atomic mass is 35.5. The number of hydrogen-bond acceptors (Lipinski definition) is 3. The Labute approximate surface area is 176 Å². The third-order valence-electron chi connectivity index (χ3n) is 5.12. The molecule has 148 valence electrons. The number of para-hydroxylation sites is 2. The van der Waals surface area contributed by atoms with Crippen LogP contribution in [0.2, 0.25) is 5.02 Å². The van der Waals surface area contributed by atoms with Crippen molar-refractivity contribution in [1.82, 2.24) is 4.90 Å². The second-order valence-electron chi connectivity index (χ2n) is 7.03. The maximum Gasteiger partial charge on any atom is 0.253 e. The summed E-state index contributed by atoms with van der Waals surface area (Å²) in [5, 5.41) is 0.592. The Kier molecular flexibility index (Phi) is 6.01. The van der Waals surface area contributed by atoms with Gasteiger partial charge in [0.1, 0.15) is 12.4 Å². The first-order chi connectivity index (χ1) is 14.2. The van der Waals surface area contributed by atoms with Gasteiger partial charge in [-0.15, -0.1) is 0 Å². The Hall–Kier alpha value is -2.98. The van der Waals surface area contributed by atoms with Crippen molar-refractivity contribution < 1.29 is 9.53 Å². The fourth-order valence-electron chi connectivity index (χ4n) is 3.46. The monoisotopic (exact) mass is 406 g/mol. The van der Waals surface area contributed by atoms with Gasteiger partial charge in [-0.1, -0.05) is 54.1 Å². The van der Waals surface area contributed by atoms with Gasteiger partial charge in [0.25, 0.3) is 5.91 Å². The van der Waals surface area contributed by atoms with E-state index < -0.39 is 0 Å². The van der Waals surface area contributed by atoms with E-state index in [-0.39, 0.29) is 5.91 Å². The predicted octanol–water partition coefficient (Wildman–Crippen LogP) is 4.88. The van der Waals surface area contributed by atoms with Gasteiger partial charge in [-0.05, 0) is 42.0 Å². The number of nitrogens with zero attached hydrogens (tertiary/aromatic N) is 2. The summed E-state index contributed by atoms with van der Waals surface area (Å²) >= 11 is 6.11. The van der Waals surface area contributed by atoms with Crippen molar-refractivity contribution in [2.45, 2.75) is 6.61 Å². The Morgan fingerprint density at radius 2 is 1.48 bits per heavy atom. The van der Waals surface area contributed by atoms with Crippen LogP contribution in [-0.2, 0) is 6.61 Å². The molecule has 4 rings (SSSR count). The first kappa shape index (κ1) is 19.3. The van der Waals surface area contributed by atoms with Crippen LogP contribution in [0, 0.1) is 0 Å². The highest BCUT2D eigenvalue weighted by Crippen LogP contribution is 2.24. The standard InChI is InChI=1S/C24H23ClN2O2/c25-22-8-4-5-9-23(22)29-18-19-10-12-20(13-11-19)24(28)27-16-14-26(15-17-27)21-6-2-1-3-7-21/h1-13H,14-18H2. The second kappa shape index (κ2) is 9.01. The van der Waals surface area contributed by atoms with E-state index in [9.17, 15) is 4.79 Å². The van der Waals surface area contributed by atoms with Crippen LogP contribution in [0.4, 0.5) is 5.69 Å². The minimum Gasteiger partial charge on any atom is -0.487 e. The van der Waals surface area contributed by atoms with Crippen molar-refractivity contribution in [3.63, 3.8) is 0 Å². The number of rotatable bonds is 5. The molecule has 1 fully saturated rings. The number of ether oxygens (including phenoxy) is 1. The molecule has 0 radical (unpaired) electrons. The first-order valence-corrected chi connectivity index (χ1v) is 10.1. The van der Waals surface area contributed by atoms with E-state index in [4.69, 9.17) is 16.3 Å². The maximum atomic E-state index is 12.8. The maximum absolute atomic E-state index is 12.8. The van der Waals surface area contributed by atoms with Gasteiger partial charge < -0.3 is 14.5 Å². The molecule has 0 unspecified atom stereocenters. The molecule has 0 spiro atoms. The lowest BCUT2D eigenvalue weighted by Gasteiger charge is -2.36. The smallest absolute Gasteiger partial charge is 0.253 e. The van der Waals surface area contributed by atoms with E-state index in [2.05, 4.69) is 17.0 Å². The summed E-state index contributed by atoms with van der Waals surface area (Å²) in [6.45, 7) is 3.56. The molecule has 0 atom stereocenters. The Morgan fingerprint density at radius 3 is 2.17 bits per heavy atom. The van der Waals surface area contributed by atoms with E-state index >= 15 is 0 Å². The van der Waals surface area contributed by atoms with Crippen molar-refractivity contribution in [2.75, 3.05) is 31.1 Å². The van der Waals surface area contributed by atoms with Crippen molar-refractivity contribution in [3.8, 4) is 5.75 Å². The zero-order valence-electron chi connectivity index (χ0n) is 16.1. The van der Waals surface area contributed by atoms with Crippen LogP contribution >= 0.6 is 11.6 Å². The van der Waals surface area contributed by atoms with Crippen molar-refractivity contribution >= 4 is 23.2 Å². The van der Waals surface area contributed by atoms with Crippen LogP contribution < -0.4 is 9.64 Å². The molecule has 29 heavy (non-hydrogen) atoms. The van der Waals surface area contributed by atoms with E-state index in [1.165, 1.54) is 5.69 Å².